The van der Waals surface area contributed by atoms with Gasteiger partial charge < -0.3 is 5.32 Å². The van der Waals surface area contributed by atoms with Gasteiger partial charge in [-0.25, -0.2) is 4.68 Å². The summed E-state index contributed by atoms with van der Waals surface area (Å²) >= 11 is 6.41. The summed E-state index contributed by atoms with van der Waals surface area (Å²) in [5.41, 5.74) is 2.03. The Labute approximate surface area is 131 Å². The van der Waals surface area contributed by atoms with E-state index in [1.165, 1.54) is 32.1 Å². The lowest BCUT2D eigenvalue weighted by Gasteiger charge is -2.33. The second-order valence-electron chi connectivity index (χ2n) is 5.79. The molecule has 1 heterocycles. The topological polar surface area (TPSA) is 29.9 Å². The van der Waals surface area contributed by atoms with Crippen LogP contribution >= 0.6 is 11.6 Å². The van der Waals surface area contributed by atoms with Gasteiger partial charge in [0.1, 0.15) is 5.69 Å². The average Bonchev–Trinajstić information content (AvgIpc) is 3.02. The van der Waals surface area contributed by atoms with E-state index in [0.717, 1.165) is 22.3 Å². The van der Waals surface area contributed by atoms with Crippen molar-refractivity contribution >= 4 is 17.3 Å². The Morgan fingerprint density at radius 3 is 2.90 bits per heavy atom. The molecule has 0 bridgehead atoms. The van der Waals surface area contributed by atoms with Crippen molar-refractivity contribution in [3.63, 3.8) is 0 Å². The van der Waals surface area contributed by atoms with E-state index >= 15 is 0 Å². The van der Waals surface area contributed by atoms with E-state index in [1.807, 2.05) is 29.1 Å². The van der Waals surface area contributed by atoms with Crippen LogP contribution in [0, 0.1) is 5.92 Å². The highest BCUT2D eigenvalue weighted by atomic mass is 35.5. The van der Waals surface area contributed by atoms with Gasteiger partial charge in [0.25, 0.3) is 0 Å². The third-order valence-corrected chi connectivity index (χ3v) is 4.80. The fourth-order valence-corrected chi connectivity index (χ4v) is 3.61. The minimum atomic E-state index is 0.538. The molecule has 2 unspecified atom stereocenters. The Morgan fingerprint density at radius 1 is 1.29 bits per heavy atom. The zero-order chi connectivity index (χ0) is 14.7. The maximum Gasteiger partial charge on any atom is 0.106 e. The monoisotopic (exact) mass is 303 g/mol. The van der Waals surface area contributed by atoms with E-state index in [4.69, 9.17) is 11.6 Å². The van der Waals surface area contributed by atoms with Crippen LogP contribution in [0.5, 0.6) is 0 Å². The van der Waals surface area contributed by atoms with Crippen LogP contribution in [0.2, 0.25) is 5.02 Å². The first-order valence-corrected chi connectivity index (χ1v) is 8.22. The minimum Gasteiger partial charge on any atom is -0.380 e. The highest BCUT2D eigenvalue weighted by Crippen LogP contribution is 2.33. The molecule has 1 aromatic heterocycles. The molecule has 1 saturated carbocycles. The van der Waals surface area contributed by atoms with Crippen LogP contribution in [0.1, 0.15) is 39.0 Å². The highest BCUT2D eigenvalue weighted by Gasteiger charge is 2.24. The zero-order valence-electron chi connectivity index (χ0n) is 12.4. The number of anilines is 1. The number of aromatic nitrogens is 2. The lowest BCUT2D eigenvalue weighted by atomic mass is 9.83. The van der Waals surface area contributed by atoms with Gasteiger partial charge >= 0.3 is 0 Å². The molecular weight excluding hydrogens is 282 g/mol. The van der Waals surface area contributed by atoms with Crippen molar-refractivity contribution in [2.75, 3.05) is 5.32 Å². The molecule has 1 aromatic carbocycles. The van der Waals surface area contributed by atoms with Gasteiger partial charge in [-0.1, -0.05) is 43.9 Å². The fourth-order valence-electron chi connectivity index (χ4n) is 3.35. The summed E-state index contributed by atoms with van der Waals surface area (Å²) in [5, 5.41) is 8.80. The van der Waals surface area contributed by atoms with Crippen molar-refractivity contribution in [1.82, 2.24) is 9.78 Å². The summed E-state index contributed by atoms with van der Waals surface area (Å²) in [7, 11) is 0. The molecule has 0 saturated heterocycles. The van der Waals surface area contributed by atoms with E-state index in [0.29, 0.717) is 6.04 Å². The number of rotatable bonds is 4. The Kier molecular flexibility index (Phi) is 4.49. The molecule has 0 amide bonds. The second-order valence-corrected chi connectivity index (χ2v) is 6.20. The Balaban J connectivity index is 1.90. The van der Waals surface area contributed by atoms with Crippen LogP contribution in [-0.2, 0) is 0 Å². The summed E-state index contributed by atoms with van der Waals surface area (Å²) in [5.74, 6) is 0.753. The number of halogens is 1. The number of benzene rings is 1. The Bertz CT molecular complexity index is 580. The summed E-state index contributed by atoms with van der Waals surface area (Å²) in [4.78, 5) is 0. The molecule has 2 atom stereocenters. The van der Waals surface area contributed by atoms with Crippen LogP contribution in [0.15, 0.2) is 36.7 Å². The van der Waals surface area contributed by atoms with Crippen molar-refractivity contribution < 1.29 is 0 Å². The molecule has 1 N–H and O–H groups in total. The van der Waals surface area contributed by atoms with Crippen LogP contribution < -0.4 is 5.32 Å². The standard InChI is InChI=1S/C17H22ClN3/c1-2-13-7-3-4-9-15(13)20-16-10-5-8-14(18)17(16)21-12-6-11-19-21/h5-6,8,10-13,15,20H,2-4,7,9H2,1H3. The van der Waals surface area contributed by atoms with Gasteiger partial charge in [-0.15, -0.1) is 0 Å². The van der Waals surface area contributed by atoms with Crippen molar-refractivity contribution in [2.24, 2.45) is 5.92 Å². The van der Waals surface area contributed by atoms with Crippen molar-refractivity contribution in [2.45, 2.75) is 45.1 Å². The van der Waals surface area contributed by atoms with Crippen molar-refractivity contribution in [3.05, 3.63) is 41.7 Å². The first kappa shape index (κ1) is 14.5. The van der Waals surface area contributed by atoms with Crippen LogP contribution in [0.25, 0.3) is 5.69 Å². The van der Waals surface area contributed by atoms with Crippen LogP contribution in [-0.4, -0.2) is 15.8 Å². The maximum atomic E-state index is 6.41. The first-order chi connectivity index (χ1) is 10.3. The molecule has 0 spiro atoms. The van der Waals surface area contributed by atoms with E-state index in [2.05, 4.69) is 23.4 Å². The molecule has 1 fully saturated rings. The molecule has 2 aromatic rings. The Morgan fingerprint density at radius 2 is 2.14 bits per heavy atom. The van der Waals surface area contributed by atoms with Crippen LogP contribution in [0.3, 0.4) is 0 Å². The van der Waals surface area contributed by atoms with Crippen molar-refractivity contribution in [3.8, 4) is 5.69 Å². The summed E-state index contributed by atoms with van der Waals surface area (Å²) in [6, 6.07) is 8.48. The smallest absolute Gasteiger partial charge is 0.106 e. The normalized spacial score (nSPS) is 22.2. The molecule has 0 radical (unpaired) electrons. The van der Waals surface area contributed by atoms with E-state index in [-0.39, 0.29) is 0 Å². The van der Waals surface area contributed by atoms with Crippen molar-refractivity contribution in [1.29, 1.82) is 0 Å². The molecule has 3 rings (SSSR count). The number of hydrogen-bond acceptors (Lipinski definition) is 2. The van der Waals surface area contributed by atoms with Gasteiger partial charge in [0.05, 0.1) is 10.7 Å². The van der Waals surface area contributed by atoms with E-state index in [1.54, 1.807) is 6.20 Å². The van der Waals surface area contributed by atoms with E-state index in [9.17, 15) is 0 Å². The highest BCUT2D eigenvalue weighted by molar-refractivity contribution is 6.33. The Hall–Kier alpha value is -1.48. The molecule has 1 aliphatic carbocycles. The maximum absolute atomic E-state index is 6.41. The average molecular weight is 304 g/mol. The second kappa shape index (κ2) is 6.52. The number of hydrogen-bond donors (Lipinski definition) is 1. The molecule has 1 aliphatic rings. The number of para-hydroxylation sites is 1. The summed E-state index contributed by atoms with van der Waals surface area (Å²) < 4.78 is 1.84. The predicted molar refractivity (Wildman–Crippen MR) is 88.2 cm³/mol. The van der Waals surface area contributed by atoms with Gasteiger partial charge in [0.2, 0.25) is 0 Å². The summed E-state index contributed by atoms with van der Waals surface area (Å²) in [6.45, 7) is 2.29. The largest absolute Gasteiger partial charge is 0.380 e. The van der Waals surface area contributed by atoms with Gasteiger partial charge in [-0.05, 0) is 37.0 Å². The quantitative estimate of drug-likeness (QED) is 0.870. The van der Waals surface area contributed by atoms with Gasteiger partial charge in [-0.2, -0.15) is 5.10 Å². The van der Waals surface area contributed by atoms with E-state index < -0.39 is 0 Å². The lowest BCUT2D eigenvalue weighted by Crippen LogP contribution is -2.32. The summed E-state index contributed by atoms with van der Waals surface area (Å²) in [6.07, 6.45) is 10.2. The molecule has 112 valence electrons. The molecule has 4 heteroatoms. The zero-order valence-corrected chi connectivity index (χ0v) is 13.2. The first-order valence-electron chi connectivity index (χ1n) is 7.84. The SMILES string of the molecule is CCC1CCCCC1Nc1cccc(Cl)c1-n1cccn1. The van der Waals surface area contributed by atoms with Gasteiger partial charge in [0, 0.05) is 18.4 Å². The third-order valence-electron chi connectivity index (χ3n) is 4.49. The third kappa shape index (κ3) is 3.08. The molecule has 21 heavy (non-hydrogen) atoms. The number of nitrogens with one attached hydrogen (secondary N) is 1. The minimum absolute atomic E-state index is 0.538. The van der Waals surface area contributed by atoms with Crippen LogP contribution in [0.4, 0.5) is 5.69 Å². The molecule has 0 aliphatic heterocycles. The van der Waals surface area contributed by atoms with Gasteiger partial charge in [0.15, 0.2) is 0 Å². The lowest BCUT2D eigenvalue weighted by molar-refractivity contribution is 0.317. The number of nitrogens with zero attached hydrogens (tertiary/aromatic N) is 2. The van der Waals surface area contributed by atoms with Gasteiger partial charge in [-0.3, -0.25) is 0 Å². The predicted octanol–water partition coefficient (Wildman–Crippen LogP) is 4.91. The molecule has 3 nitrogen and oxygen atoms in total. The molecular formula is C17H22ClN3. The fraction of sp³-hybridized carbons (Fsp3) is 0.471.